The van der Waals surface area contributed by atoms with E-state index in [1.165, 1.54) is 12.8 Å². The van der Waals surface area contributed by atoms with Crippen molar-refractivity contribution in [1.82, 2.24) is 15.2 Å². The van der Waals surface area contributed by atoms with Gasteiger partial charge in [-0.3, -0.25) is 4.79 Å². The summed E-state index contributed by atoms with van der Waals surface area (Å²) in [5.74, 6) is 0.690. The van der Waals surface area contributed by atoms with E-state index in [1.807, 2.05) is 17.9 Å². The van der Waals surface area contributed by atoms with Crippen LogP contribution in [0.4, 0.5) is 0 Å². The molecule has 24 heavy (non-hydrogen) atoms. The van der Waals surface area contributed by atoms with E-state index in [-0.39, 0.29) is 18.6 Å². The quantitative estimate of drug-likeness (QED) is 0.796. The second kappa shape index (κ2) is 7.49. The largest absolute Gasteiger partial charge is 0.481 e. The number of fused-ring (bicyclic) bond motifs is 1. The second-order valence-electron chi connectivity index (χ2n) is 6.82. The summed E-state index contributed by atoms with van der Waals surface area (Å²) in [4.78, 5) is 19.3. The van der Waals surface area contributed by atoms with Gasteiger partial charge in [-0.1, -0.05) is 12.8 Å². The number of hydrogen-bond donors (Lipinski definition) is 2. The van der Waals surface area contributed by atoms with Crippen LogP contribution in [0, 0.1) is 0 Å². The van der Waals surface area contributed by atoms with E-state index in [0.717, 1.165) is 24.1 Å². The molecule has 1 aromatic rings. The molecule has 0 aromatic carbocycles. The van der Waals surface area contributed by atoms with Gasteiger partial charge in [0.25, 0.3) is 5.91 Å². The molecule has 2 heterocycles. The Hall–Kier alpha value is -1.66. The number of aliphatic hydroxyl groups is 1. The number of hydrogen-bond acceptors (Lipinski definition) is 5. The first-order valence-electron chi connectivity index (χ1n) is 8.86. The number of aromatic nitrogens is 1. The van der Waals surface area contributed by atoms with Gasteiger partial charge in [0.15, 0.2) is 0 Å². The normalized spacial score (nSPS) is 19.0. The first-order chi connectivity index (χ1) is 11.6. The molecule has 1 saturated carbocycles. The molecule has 0 unspecified atom stereocenters. The van der Waals surface area contributed by atoms with Gasteiger partial charge in [0, 0.05) is 30.8 Å². The Kier molecular flexibility index (Phi) is 5.36. The highest BCUT2D eigenvalue weighted by Gasteiger charge is 2.35. The van der Waals surface area contributed by atoms with Crippen LogP contribution >= 0.6 is 0 Å². The van der Waals surface area contributed by atoms with Crippen LogP contribution in [0.2, 0.25) is 0 Å². The third kappa shape index (κ3) is 3.39. The number of carbonyl (C=O) groups excluding carboxylic acids is 1. The van der Waals surface area contributed by atoms with E-state index in [4.69, 9.17) is 9.84 Å². The number of ether oxygens (including phenoxy) is 1. The highest BCUT2D eigenvalue weighted by molar-refractivity contribution is 5.98. The number of amides is 1. The van der Waals surface area contributed by atoms with Gasteiger partial charge in [-0.2, -0.15) is 0 Å². The van der Waals surface area contributed by atoms with Crippen molar-refractivity contribution in [3.63, 3.8) is 0 Å². The van der Waals surface area contributed by atoms with E-state index >= 15 is 0 Å². The second-order valence-corrected chi connectivity index (χ2v) is 6.82. The monoisotopic (exact) mass is 333 g/mol. The minimum atomic E-state index is 0.108. The van der Waals surface area contributed by atoms with Crippen LogP contribution < -0.4 is 10.1 Å². The van der Waals surface area contributed by atoms with Gasteiger partial charge in [0.2, 0.25) is 5.88 Å². The SMILES string of the molecule is COc1nc2c(cc1CN[C@H](C)CCO)C(=O)N(C1CCCC1)C2. The van der Waals surface area contributed by atoms with Crippen LogP contribution in [0.5, 0.6) is 5.88 Å². The molecule has 0 radical (unpaired) electrons. The van der Waals surface area contributed by atoms with Gasteiger partial charge in [0.1, 0.15) is 0 Å². The smallest absolute Gasteiger partial charge is 0.256 e. The molecule has 1 atom stereocenters. The van der Waals surface area contributed by atoms with Gasteiger partial charge in [-0.05, 0) is 32.3 Å². The van der Waals surface area contributed by atoms with Gasteiger partial charge in [-0.25, -0.2) is 4.98 Å². The molecule has 0 spiro atoms. The zero-order chi connectivity index (χ0) is 17.1. The number of pyridine rings is 1. The van der Waals surface area contributed by atoms with Crippen molar-refractivity contribution >= 4 is 5.91 Å². The first kappa shape index (κ1) is 17.2. The van der Waals surface area contributed by atoms with Crippen molar-refractivity contribution in [2.24, 2.45) is 0 Å². The van der Waals surface area contributed by atoms with Crippen LogP contribution in [-0.4, -0.2) is 46.7 Å². The predicted molar refractivity (Wildman–Crippen MR) is 90.9 cm³/mol. The van der Waals surface area contributed by atoms with E-state index in [2.05, 4.69) is 10.3 Å². The number of methoxy groups -OCH3 is 1. The number of nitrogens with one attached hydrogen (secondary N) is 1. The molecule has 0 saturated heterocycles. The molecule has 6 heteroatoms. The van der Waals surface area contributed by atoms with Crippen molar-refractivity contribution < 1.29 is 14.6 Å². The lowest BCUT2D eigenvalue weighted by molar-refractivity contribution is 0.0706. The minimum Gasteiger partial charge on any atom is -0.481 e. The Balaban J connectivity index is 1.77. The first-order valence-corrected chi connectivity index (χ1v) is 8.86. The van der Waals surface area contributed by atoms with Crippen LogP contribution in [0.3, 0.4) is 0 Å². The topological polar surface area (TPSA) is 74.7 Å². The average Bonchev–Trinajstić information content (AvgIpc) is 3.20. The molecule has 6 nitrogen and oxygen atoms in total. The summed E-state index contributed by atoms with van der Waals surface area (Å²) < 4.78 is 5.43. The average molecular weight is 333 g/mol. The van der Waals surface area contributed by atoms with E-state index < -0.39 is 0 Å². The molecule has 1 amide bonds. The van der Waals surface area contributed by atoms with Gasteiger partial charge >= 0.3 is 0 Å². The summed E-state index contributed by atoms with van der Waals surface area (Å²) in [6.45, 7) is 3.35. The number of rotatable bonds is 7. The molecule has 1 aliphatic heterocycles. The standard InChI is InChI=1S/C18H27N3O3/c1-12(7-8-22)19-10-13-9-15-16(20-17(13)24-2)11-21(18(15)23)14-5-3-4-6-14/h9,12,14,19,22H,3-8,10-11H2,1-2H3/t12-/m1/s1. The van der Waals surface area contributed by atoms with Gasteiger partial charge in [0.05, 0.1) is 24.9 Å². The molecule has 1 aliphatic carbocycles. The van der Waals surface area contributed by atoms with E-state index in [9.17, 15) is 4.79 Å². The highest BCUT2D eigenvalue weighted by Crippen LogP contribution is 2.33. The van der Waals surface area contributed by atoms with Gasteiger partial charge in [-0.15, -0.1) is 0 Å². The van der Waals surface area contributed by atoms with Crippen LogP contribution in [0.15, 0.2) is 6.07 Å². The Morgan fingerprint density at radius 1 is 1.46 bits per heavy atom. The van der Waals surface area contributed by atoms with Crippen LogP contribution in [0.1, 0.15) is 60.6 Å². The summed E-state index contributed by atoms with van der Waals surface area (Å²) in [6, 6.07) is 2.49. The fourth-order valence-corrected chi connectivity index (χ4v) is 3.66. The Labute approximate surface area is 143 Å². The molecule has 1 aromatic heterocycles. The maximum Gasteiger partial charge on any atom is 0.256 e. The number of carbonyl (C=O) groups is 1. The molecule has 3 rings (SSSR count). The molecule has 2 aliphatic rings. The lowest BCUT2D eigenvalue weighted by atomic mass is 10.1. The molecule has 0 bridgehead atoms. The van der Waals surface area contributed by atoms with Crippen molar-refractivity contribution in [3.05, 3.63) is 22.9 Å². The third-order valence-corrected chi connectivity index (χ3v) is 5.11. The minimum absolute atomic E-state index is 0.108. The summed E-state index contributed by atoms with van der Waals surface area (Å²) in [6.07, 6.45) is 5.31. The summed E-state index contributed by atoms with van der Waals surface area (Å²) in [7, 11) is 1.61. The van der Waals surface area contributed by atoms with E-state index in [0.29, 0.717) is 37.0 Å². The zero-order valence-corrected chi connectivity index (χ0v) is 14.5. The maximum absolute atomic E-state index is 12.8. The number of nitrogens with zero attached hydrogens (tertiary/aromatic N) is 2. The Bertz CT molecular complexity index is 599. The maximum atomic E-state index is 12.8. The lowest BCUT2D eigenvalue weighted by Gasteiger charge is -2.22. The predicted octanol–water partition coefficient (Wildman–Crippen LogP) is 1.85. The van der Waals surface area contributed by atoms with E-state index in [1.54, 1.807) is 7.11 Å². The fraction of sp³-hybridized carbons (Fsp3) is 0.667. The van der Waals surface area contributed by atoms with Crippen molar-refractivity contribution in [2.45, 2.75) is 64.2 Å². The summed E-state index contributed by atoms with van der Waals surface area (Å²) in [5, 5.41) is 12.3. The van der Waals surface area contributed by atoms with Crippen LogP contribution in [-0.2, 0) is 13.1 Å². The summed E-state index contributed by atoms with van der Waals surface area (Å²) in [5.41, 5.74) is 2.44. The van der Waals surface area contributed by atoms with Gasteiger partial charge < -0.3 is 20.1 Å². The van der Waals surface area contributed by atoms with Crippen molar-refractivity contribution in [1.29, 1.82) is 0 Å². The molecular weight excluding hydrogens is 306 g/mol. The molecule has 2 N–H and O–H groups in total. The van der Waals surface area contributed by atoms with Crippen molar-refractivity contribution in [3.8, 4) is 5.88 Å². The fourth-order valence-electron chi connectivity index (χ4n) is 3.66. The zero-order valence-electron chi connectivity index (χ0n) is 14.5. The summed E-state index contributed by atoms with van der Waals surface area (Å²) >= 11 is 0. The lowest BCUT2D eigenvalue weighted by Crippen LogP contribution is -2.33. The number of aliphatic hydroxyl groups excluding tert-OH is 1. The van der Waals surface area contributed by atoms with Crippen molar-refractivity contribution in [2.75, 3.05) is 13.7 Å². The Morgan fingerprint density at radius 3 is 2.88 bits per heavy atom. The Morgan fingerprint density at radius 2 is 2.21 bits per heavy atom. The molecular formula is C18H27N3O3. The molecule has 1 fully saturated rings. The third-order valence-electron chi connectivity index (χ3n) is 5.11. The molecule has 132 valence electrons. The highest BCUT2D eigenvalue weighted by atomic mass is 16.5. The van der Waals surface area contributed by atoms with Crippen LogP contribution in [0.25, 0.3) is 0 Å².